The lowest BCUT2D eigenvalue weighted by Gasteiger charge is -2.20. The van der Waals surface area contributed by atoms with Crippen LogP contribution in [-0.2, 0) is 16.6 Å². The van der Waals surface area contributed by atoms with Crippen molar-refractivity contribution >= 4 is 10.0 Å². The SMILES string of the molecule is CN(CCN1CCCC1)S(=O)(=O)c1cnn(CCN)c1. The smallest absolute Gasteiger partial charge is 0.245 e. The molecule has 7 nitrogen and oxygen atoms in total. The van der Waals surface area contributed by atoms with E-state index in [1.807, 2.05) is 0 Å². The minimum atomic E-state index is -3.45. The van der Waals surface area contributed by atoms with Crippen LogP contribution in [0.1, 0.15) is 12.8 Å². The van der Waals surface area contributed by atoms with Crippen LogP contribution < -0.4 is 5.73 Å². The highest BCUT2D eigenvalue weighted by Crippen LogP contribution is 2.14. The van der Waals surface area contributed by atoms with E-state index in [2.05, 4.69) is 10.00 Å². The summed E-state index contributed by atoms with van der Waals surface area (Å²) in [6, 6.07) is 0. The molecule has 0 atom stereocenters. The number of likely N-dealkylation sites (tertiary alicyclic amines) is 1. The van der Waals surface area contributed by atoms with Gasteiger partial charge in [0, 0.05) is 32.9 Å². The molecule has 2 rings (SSSR count). The Hall–Kier alpha value is -0.960. The fraction of sp³-hybridized carbons (Fsp3) is 0.750. The molecule has 1 aliphatic rings. The number of hydrogen-bond acceptors (Lipinski definition) is 5. The number of rotatable bonds is 7. The first kappa shape index (κ1) is 15.4. The molecular formula is C12H23N5O2S. The maximum absolute atomic E-state index is 12.4. The summed E-state index contributed by atoms with van der Waals surface area (Å²) in [5.74, 6) is 0. The van der Waals surface area contributed by atoms with E-state index in [9.17, 15) is 8.42 Å². The summed E-state index contributed by atoms with van der Waals surface area (Å²) in [5, 5.41) is 4.01. The summed E-state index contributed by atoms with van der Waals surface area (Å²) in [6.07, 6.45) is 5.34. The van der Waals surface area contributed by atoms with E-state index < -0.39 is 10.0 Å². The lowest BCUT2D eigenvalue weighted by molar-refractivity contribution is 0.310. The Bertz CT molecular complexity index is 522. The summed E-state index contributed by atoms with van der Waals surface area (Å²) < 4.78 is 27.7. The normalized spacial score (nSPS) is 17.1. The zero-order valence-electron chi connectivity index (χ0n) is 11.9. The summed E-state index contributed by atoms with van der Waals surface area (Å²) in [7, 11) is -1.83. The zero-order chi connectivity index (χ0) is 14.6. The van der Waals surface area contributed by atoms with E-state index in [1.165, 1.54) is 29.5 Å². The molecule has 20 heavy (non-hydrogen) atoms. The van der Waals surface area contributed by atoms with Gasteiger partial charge in [-0.05, 0) is 25.9 Å². The summed E-state index contributed by atoms with van der Waals surface area (Å²) in [6.45, 7) is 4.39. The summed E-state index contributed by atoms with van der Waals surface area (Å²) in [4.78, 5) is 2.53. The average Bonchev–Trinajstić information content (AvgIpc) is 3.07. The molecule has 0 saturated carbocycles. The zero-order valence-corrected chi connectivity index (χ0v) is 12.7. The van der Waals surface area contributed by atoms with Gasteiger partial charge in [-0.1, -0.05) is 0 Å². The second-order valence-corrected chi connectivity index (χ2v) is 7.15. The lowest BCUT2D eigenvalue weighted by Crippen LogP contribution is -2.35. The van der Waals surface area contributed by atoms with Crippen LogP contribution in [0.15, 0.2) is 17.3 Å². The number of aromatic nitrogens is 2. The van der Waals surface area contributed by atoms with Gasteiger partial charge in [-0.3, -0.25) is 4.68 Å². The van der Waals surface area contributed by atoms with E-state index in [-0.39, 0.29) is 4.90 Å². The highest BCUT2D eigenvalue weighted by atomic mass is 32.2. The second kappa shape index (κ2) is 6.66. The molecular weight excluding hydrogens is 278 g/mol. The number of hydrogen-bond donors (Lipinski definition) is 1. The molecule has 2 heterocycles. The Balaban J connectivity index is 1.96. The van der Waals surface area contributed by atoms with Crippen molar-refractivity contribution in [2.45, 2.75) is 24.3 Å². The Kier molecular flexibility index (Phi) is 5.14. The van der Waals surface area contributed by atoms with Crippen molar-refractivity contribution in [3.63, 3.8) is 0 Å². The molecule has 114 valence electrons. The number of nitrogens with two attached hydrogens (primary N) is 1. The molecule has 1 aromatic heterocycles. The molecule has 0 aromatic carbocycles. The number of nitrogens with zero attached hydrogens (tertiary/aromatic N) is 4. The molecule has 0 radical (unpaired) electrons. The Labute approximate surface area is 120 Å². The first-order valence-electron chi connectivity index (χ1n) is 6.95. The highest BCUT2D eigenvalue weighted by molar-refractivity contribution is 7.89. The maximum atomic E-state index is 12.4. The van der Waals surface area contributed by atoms with Gasteiger partial charge in [0.05, 0.1) is 12.7 Å². The van der Waals surface area contributed by atoms with Gasteiger partial charge in [-0.2, -0.15) is 9.40 Å². The molecule has 1 saturated heterocycles. The summed E-state index contributed by atoms with van der Waals surface area (Å²) >= 11 is 0. The molecule has 1 aromatic rings. The third-order valence-electron chi connectivity index (χ3n) is 3.61. The topological polar surface area (TPSA) is 84.5 Å². The van der Waals surface area contributed by atoms with Crippen molar-refractivity contribution in [1.29, 1.82) is 0 Å². The first-order valence-corrected chi connectivity index (χ1v) is 8.39. The fourth-order valence-corrected chi connectivity index (χ4v) is 3.44. The van der Waals surface area contributed by atoms with Gasteiger partial charge < -0.3 is 10.6 Å². The minimum absolute atomic E-state index is 0.231. The predicted molar refractivity (Wildman–Crippen MR) is 76.8 cm³/mol. The van der Waals surface area contributed by atoms with Gasteiger partial charge in [0.15, 0.2) is 0 Å². The van der Waals surface area contributed by atoms with Gasteiger partial charge in [0.25, 0.3) is 0 Å². The van der Waals surface area contributed by atoms with Gasteiger partial charge in [-0.25, -0.2) is 8.42 Å². The van der Waals surface area contributed by atoms with Gasteiger partial charge >= 0.3 is 0 Å². The Morgan fingerprint density at radius 2 is 2.05 bits per heavy atom. The van der Waals surface area contributed by atoms with Crippen LogP contribution in [0.5, 0.6) is 0 Å². The van der Waals surface area contributed by atoms with Crippen molar-refractivity contribution in [3.05, 3.63) is 12.4 Å². The van der Waals surface area contributed by atoms with Crippen LogP contribution in [0.25, 0.3) is 0 Å². The second-order valence-electron chi connectivity index (χ2n) is 5.10. The monoisotopic (exact) mass is 301 g/mol. The van der Waals surface area contributed by atoms with E-state index in [4.69, 9.17) is 5.73 Å². The predicted octanol–water partition coefficient (Wildman–Crippen LogP) is -0.442. The molecule has 1 fully saturated rings. The van der Waals surface area contributed by atoms with Crippen molar-refractivity contribution < 1.29 is 8.42 Å². The molecule has 0 amide bonds. The fourth-order valence-electron chi connectivity index (χ4n) is 2.32. The largest absolute Gasteiger partial charge is 0.329 e. The molecule has 0 spiro atoms. The quantitative estimate of drug-likeness (QED) is 0.738. The van der Waals surface area contributed by atoms with Crippen LogP contribution in [0, 0.1) is 0 Å². The van der Waals surface area contributed by atoms with Crippen molar-refractivity contribution in [3.8, 4) is 0 Å². The standard InChI is InChI=1S/C12H23N5O2S/c1-15(8-9-16-5-2-3-6-16)20(18,19)12-10-14-17(11-12)7-4-13/h10-11H,2-9,13H2,1H3. The Morgan fingerprint density at radius 3 is 2.70 bits per heavy atom. The number of likely N-dealkylation sites (N-methyl/N-ethyl adjacent to an activating group) is 1. The molecule has 8 heteroatoms. The molecule has 1 aliphatic heterocycles. The minimum Gasteiger partial charge on any atom is -0.329 e. The van der Waals surface area contributed by atoms with Crippen LogP contribution in [0.2, 0.25) is 0 Å². The van der Waals surface area contributed by atoms with Crippen LogP contribution in [-0.4, -0.2) is 67.2 Å². The average molecular weight is 301 g/mol. The summed E-state index contributed by atoms with van der Waals surface area (Å²) in [5.41, 5.74) is 5.43. The molecule has 2 N–H and O–H groups in total. The van der Waals surface area contributed by atoms with Gasteiger partial charge in [0.1, 0.15) is 4.90 Å². The van der Waals surface area contributed by atoms with Crippen molar-refractivity contribution in [2.75, 3.05) is 39.8 Å². The molecule has 0 unspecified atom stereocenters. The third-order valence-corrected chi connectivity index (χ3v) is 5.42. The Morgan fingerprint density at radius 1 is 1.35 bits per heavy atom. The van der Waals surface area contributed by atoms with Gasteiger partial charge in [0.2, 0.25) is 10.0 Å². The van der Waals surface area contributed by atoms with Gasteiger partial charge in [-0.15, -0.1) is 0 Å². The van der Waals surface area contributed by atoms with E-state index in [0.717, 1.165) is 19.6 Å². The van der Waals surface area contributed by atoms with Crippen LogP contribution >= 0.6 is 0 Å². The highest BCUT2D eigenvalue weighted by Gasteiger charge is 2.23. The lowest BCUT2D eigenvalue weighted by atomic mass is 10.4. The van der Waals surface area contributed by atoms with E-state index in [0.29, 0.717) is 19.6 Å². The molecule has 0 bridgehead atoms. The van der Waals surface area contributed by atoms with Crippen molar-refractivity contribution in [2.24, 2.45) is 5.73 Å². The number of sulfonamides is 1. The maximum Gasteiger partial charge on any atom is 0.245 e. The van der Waals surface area contributed by atoms with E-state index in [1.54, 1.807) is 11.7 Å². The van der Waals surface area contributed by atoms with E-state index >= 15 is 0 Å². The van der Waals surface area contributed by atoms with Crippen LogP contribution in [0.3, 0.4) is 0 Å². The molecule has 0 aliphatic carbocycles. The third kappa shape index (κ3) is 3.57. The first-order chi connectivity index (χ1) is 9.54. The van der Waals surface area contributed by atoms with Crippen molar-refractivity contribution in [1.82, 2.24) is 19.0 Å². The van der Waals surface area contributed by atoms with Crippen LogP contribution in [0.4, 0.5) is 0 Å².